The maximum absolute atomic E-state index is 10.4. The van der Waals surface area contributed by atoms with Crippen LogP contribution >= 0.6 is 0 Å². The molecule has 0 bridgehead atoms. The van der Waals surface area contributed by atoms with Crippen molar-refractivity contribution in [2.24, 2.45) is 0 Å². The van der Waals surface area contributed by atoms with Crippen molar-refractivity contribution in [3.05, 3.63) is 12.2 Å². The Morgan fingerprint density at radius 2 is 0.774 bits per heavy atom. The number of rotatable bonds is 26. The monoisotopic (exact) mass is 436 g/mol. The second kappa shape index (κ2) is 27.2. The molecule has 0 radical (unpaired) electrons. The largest absolute Gasteiger partial charge is 0.481 e. The summed E-state index contributed by atoms with van der Waals surface area (Å²) in [6.07, 6.45) is 37.5. The number of hydrogen-bond acceptors (Lipinski definition) is 1. The third-order valence-electron chi connectivity index (χ3n) is 6.40. The van der Waals surface area contributed by atoms with Crippen molar-refractivity contribution in [2.45, 2.75) is 167 Å². The van der Waals surface area contributed by atoms with Gasteiger partial charge >= 0.3 is 5.97 Å². The lowest BCUT2D eigenvalue weighted by molar-refractivity contribution is -0.137. The van der Waals surface area contributed by atoms with Crippen LogP contribution in [0.15, 0.2) is 12.2 Å². The summed E-state index contributed by atoms with van der Waals surface area (Å²) in [4.78, 5) is 10.4. The third-order valence-corrected chi connectivity index (χ3v) is 6.40. The molecule has 184 valence electrons. The molecule has 0 spiro atoms. The van der Waals surface area contributed by atoms with E-state index < -0.39 is 5.97 Å². The van der Waals surface area contributed by atoms with Crippen LogP contribution in [-0.4, -0.2) is 11.1 Å². The van der Waals surface area contributed by atoms with Crippen LogP contribution in [0.2, 0.25) is 0 Å². The first-order valence-corrected chi connectivity index (χ1v) is 14.1. The van der Waals surface area contributed by atoms with Gasteiger partial charge in [-0.1, -0.05) is 141 Å². The molecule has 0 aromatic heterocycles. The molecule has 0 atom stereocenters. The number of carbonyl (C=O) groups is 1. The number of hydrogen-bond donors (Lipinski definition) is 1. The standard InChI is InChI=1S/C29H56O2/c1-2-3-4-5-6-7-8-9-10-11-12-13-14-15-16-17-18-19-20-21-22-23-24-25-26-27-28-29(30)31/h8-9H,2-7,10-28H2,1H3,(H,30,31). The second-order valence-corrected chi connectivity index (χ2v) is 9.62. The van der Waals surface area contributed by atoms with Gasteiger partial charge in [-0.2, -0.15) is 0 Å². The summed E-state index contributed by atoms with van der Waals surface area (Å²) in [6, 6.07) is 0. The van der Waals surface area contributed by atoms with Gasteiger partial charge in [0.15, 0.2) is 0 Å². The molecule has 0 saturated carbocycles. The average molecular weight is 437 g/mol. The topological polar surface area (TPSA) is 37.3 Å². The first kappa shape index (κ1) is 30.2. The molecule has 0 rings (SSSR count). The molecule has 0 aromatic rings. The van der Waals surface area contributed by atoms with Gasteiger partial charge in [-0.15, -0.1) is 0 Å². The molecule has 2 heteroatoms. The Kier molecular flexibility index (Phi) is 26.5. The molecule has 0 heterocycles. The Bertz CT molecular complexity index is 375. The van der Waals surface area contributed by atoms with Gasteiger partial charge in [-0.05, 0) is 32.1 Å². The van der Waals surface area contributed by atoms with Crippen LogP contribution in [0.25, 0.3) is 0 Å². The van der Waals surface area contributed by atoms with E-state index in [-0.39, 0.29) is 0 Å². The van der Waals surface area contributed by atoms with Crippen molar-refractivity contribution in [3.8, 4) is 0 Å². The zero-order valence-corrected chi connectivity index (χ0v) is 21.2. The first-order chi connectivity index (χ1) is 15.3. The summed E-state index contributed by atoms with van der Waals surface area (Å²) in [6.45, 7) is 2.28. The lowest BCUT2D eigenvalue weighted by atomic mass is 10.0. The van der Waals surface area contributed by atoms with Gasteiger partial charge in [0, 0.05) is 6.42 Å². The zero-order chi connectivity index (χ0) is 22.7. The van der Waals surface area contributed by atoms with Gasteiger partial charge < -0.3 is 5.11 Å². The van der Waals surface area contributed by atoms with Crippen LogP contribution in [-0.2, 0) is 4.79 Å². The second-order valence-electron chi connectivity index (χ2n) is 9.62. The Labute approximate surface area is 195 Å². The lowest BCUT2D eigenvalue weighted by Gasteiger charge is -2.03. The number of aliphatic carboxylic acids is 1. The van der Waals surface area contributed by atoms with Gasteiger partial charge in [-0.25, -0.2) is 0 Å². The summed E-state index contributed by atoms with van der Waals surface area (Å²) < 4.78 is 0. The van der Waals surface area contributed by atoms with Gasteiger partial charge in [0.1, 0.15) is 0 Å². The van der Waals surface area contributed by atoms with Crippen molar-refractivity contribution in [1.82, 2.24) is 0 Å². The van der Waals surface area contributed by atoms with Crippen LogP contribution in [0.4, 0.5) is 0 Å². The molecular weight excluding hydrogens is 380 g/mol. The van der Waals surface area contributed by atoms with Crippen LogP contribution in [0, 0.1) is 0 Å². The van der Waals surface area contributed by atoms with Crippen LogP contribution in [0.5, 0.6) is 0 Å². The number of carboxylic acids is 1. The predicted octanol–water partition coefficient (Wildman–Crippen LogP) is 10.4. The molecule has 0 aliphatic carbocycles. The van der Waals surface area contributed by atoms with E-state index in [0.29, 0.717) is 6.42 Å². The maximum Gasteiger partial charge on any atom is 0.303 e. The summed E-state index contributed by atoms with van der Waals surface area (Å²) in [7, 11) is 0. The molecule has 0 aromatic carbocycles. The lowest BCUT2D eigenvalue weighted by Crippen LogP contribution is -1.93. The fourth-order valence-corrected chi connectivity index (χ4v) is 4.29. The zero-order valence-electron chi connectivity index (χ0n) is 21.2. The molecule has 0 unspecified atom stereocenters. The fourth-order valence-electron chi connectivity index (χ4n) is 4.29. The SMILES string of the molecule is CCCCCCCC=CCCCCCCCCCCCCCCCCCCCC(=O)O. The van der Waals surface area contributed by atoms with E-state index in [0.717, 1.165) is 12.8 Å². The molecule has 0 aliphatic rings. The van der Waals surface area contributed by atoms with Gasteiger partial charge in [0.05, 0.1) is 0 Å². The minimum Gasteiger partial charge on any atom is -0.481 e. The molecule has 0 fully saturated rings. The van der Waals surface area contributed by atoms with E-state index in [9.17, 15) is 4.79 Å². The summed E-state index contributed by atoms with van der Waals surface area (Å²) in [5.41, 5.74) is 0. The quantitative estimate of drug-likeness (QED) is 0.108. The summed E-state index contributed by atoms with van der Waals surface area (Å²) in [5.74, 6) is -0.651. The van der Waals surface area contributed by atoms with Crippen molar-refractivity contribution in [2.75, 3.05) is 0 Å². The smallest absolute Gasteiger partial charge is 0.303 e. The van der Waals surface area contributed by atoms with Crippen LogP contribution in [0.3, 0.4) is 0 Å². The minimum atomic E-state index is -0.651. The van der Waals surface area contributed by atoms with Gasteiger partial charge in [0.2, 0.25) is 0 Å². The maximum atomic E-state index is 10.4. The molecule has 0 aliphatic heterocycles. The van der Waals surface area contributed by atoms with Gasteiger partial charge in [0.25, 0.3) is 0 Å². The highest BCUT2D eigenvalue weighted by Crippen LogP contribution is 2.15. The van der Waals surface area contributed by atoms with Crippen LogP contribution < -0.4 is 0 Å². The first-order valence-electron chi connectivity index (χ1n) is 14.1. The molecule has 2 nitrogen and oxygen atoms in total. The normalized spacial score (nSPS) is 11.5. The Morgan fingerprint density at radius 1 is 0.484 bits per heavy atom. The number of unbranched alkanes of at least 4 members (excludes halogenated alkanes) is 22. The molecule has 1 N–H and O–H groups in total. The predicted molar refractivity (Wildman–Crippen MR) is 138 cm³/mol. The molecule has 0 saturated heterocycles. The van der Waals surface area contributed by atoms with Crippen molar-refractivity contribution in [1.29, 1.82) is 0 Å². The van der Waals surface area contributed by atoms with E-state index in [2.05, 4.69) is 19.1 Å². The average Bonchev–Trinajstić information content (AvgIpc) is 2.76. The fraction of sp³-hybridized carbons (Fsp3) is 0.897. The highest BCUT2D eigenvalue weighted by molar-refractivity contribution is 5.66. The highest BCUT2D eigenvalue weighted by atomic mass is 16.4. The van der Waals surface area contributed by atoms with E-state index in [1.54, 1.807) is 0 Å². The summed E-state index contributed by atoms with van der Waals surface area (Å²) >= 11 is 0. The Balaban J connectivity index is 3.05. The van der Waals surface area contributed by atoms with E-state index in [1.807, 2.05) is 0 Å². The van der Waals surface area contributed by atoms with E-state index in [4.69, 9.17) is 5.11 Å². The minimum absolute atomic E-state index is 0.344. The van der Waals surface area contributed by atoms with Crippen molar-refractivity contribution >= 4 is 5.97 Å². The van der Waals surface area contributed by atoms with Crippen molar-refractivity contribution in [3.63, 3.8) is 0 Å². The van der Waals surface area contributed by atoms with E-state index >= 15 is 0 Å². The Morgan fingerprint density at radius 3 is 1.10 bits per heavy atom. The van der Waals surface area contributed by atoms with Crippen LogP contribution in [0.1, 0.15) is 167 Å². The van der Waals surface area contributed by atoms with E-state index in [1.165, 1.54) is 141 Å². The highest BCUT2D eigenvalue weighted by Gasteiger charge is 1.97. The van der Waals surface area contributed by atoms with Crippen molar-refractivity contribution < 1.29 is 9.90 Å². The van der Waals surface area contributed by atoms with Gasteiger partial charge in [-0.3, -0.25) is 4.79 Å². The molecule has 31 heavy (non-hydrogen) atoms. The molecular formula is C29H56O2. The number of carboxylic acid groups (broad SMARTS) is 1. The third kappa shape index (κ3) is 29.2. The number of allylic oxidation sites excluding steroid dienone is 2. The Hall–Kier alpha value is -0.790. The summed E-state index contributed by atoms with van der Waals surface area (Å²) in [5, 5.41) is 8.60. The molecule has 0 amide bonds.